The van der Waals surface area contributed by atoms with Gasteiger partial charge in [-0.05, 0) is 55.0 Å². The van der Waals surface area contributed by atoms with Crippen molar-refractivity contribution in [1.82, 2.24) is 4.72 Å². The van der Waals surface area contributed by atoms with E-state index in [-0.39, 0.29) is 11.5 Å². The highest BCUT2D eigenvalue weighted by Gasteiger charge is 2.45. The van der Waals surface area contributed by atoms with Gasteiger partial charge in [0.05, 0.1) is 4.90 Å². The molecule has 1 aliphatic carbocycles. The molecule has 0 heterocycles. The van der Waals surface area contributed by atoms with Gasteiger partial charge in [0.2, 0.25) is 10.0 Å². The molecule has 0 spiro atoms. The third-order valence-electron chi connectivity index (χ3n) is 4.26. The Hall–Kier alpha value is -1.69. The number of aliphatic hydroxyl groups is 1. The van der Waals surface area contributed by atoms with Crippen LogP contribution in [0.25, 0.3) is 11.1 Å². The highest BCUT2D eigenvalue weighted by atomic mass is 32.2. The fraction of sp³-hybridized carbons (Fsp3) is 0.333. The lowest BCUT2D eigenvalue weighted by Gasteiger charge is -2.17. The molecule has 1 fully saturated rings. The summed E-state index contributed by atoms with van der Waals surface area (Å²) in [6, 6.07) is 15.1. The summed E-state index contributed by atoms with van der Waals surface area (Å²) in [5.74, 6) is 0. The molecule has 0 aromatic heterocycles. The maximum absolute atomic E-state index is 12.7. The summed E-state index contributed by atoms with van der Waals surface area (Å²) in [5.41, 5.74) is 2.32. The van der Waals surface area contributed by atoms with Gasteiger partial charge in [-0.25, -0.2) is 13.1 Å². The summed E-state index contributed by atoms with van der Waals surface area (Å²) < 4.78 is 28.2. The molecule has 0 unspecified atom stereocenters. The van der Waals surface area contributed by atoms with E-state index >= 15 is 0 Å². The third kappa shape index (κ3) is 3.63. The summed E-state index contributed by atoms with van der Waals surface area (Å²) in [4.78, 5) is 0.278. The van der Waals surface area contributed by atoms with E-state index in [1.807, 2.05) is 43.3 Å². The average molecular weight is 331 g/mol. The highest BCUT2D eigenvalue weighted by Crippen LogP contribution is 2.40. The second kappa shape index (κ2) is 6.07. The molecular formula is C18H21NO3S. The number of hydrogen-bond donors (Lipinski definition) is 2. The predicted molar refractivity (Wildman–Crippen MR) is 90.6 cm³/mol. The summed E-state index contributed by atoms with van der Waals surface area (Å²) >= 11 is 0. The van der Waals surface area contributed by atoms with Crippen LogP contribution in [0.5, 0.6) is 0 Å². The van der Waals surface area contributed by atoms with Crippen LogP contribution >= 0.6 is 0 Å². The Morgan fingerprint density at radius 1 is 1.09 bits per heavy atom. The molecule has 2 aromatic carbocycles. The second-order valence-corrected chi connectivity index (χ2v) is 7.94. The Kier molecular flexibility index (Phi) is 4.27. The van der Waals surface area contributed by atoms with E-state index in [1.54, 1.807) is 12.1 Å². The van der Waals surface area contributed by atoms with Crippen molar-refractivity contribution in [3.63, 3.8) is 0 Å². The van der Waals surface area contributed by atoms with Gasteiger partial charge in [-0.3, -0.25) is 0 Å². The minimum absolute atomic E-state index is 0.00833. The Morgan fingerprint density at radius 3 is 2.39 bits per heavy atom. The average Bonchev–Trinajstić information content (AvgIpc) is 3.26. The van der Waals surface area contributed by atoms with Crippen molar-refractivity contribution in [3.05, 3.63) is 54.1 Å². The van der Waals surface area contributed by atoms with Crippen LogP contribution in [0.15, 0.2) is 53.4 Å². The lowest BCUT2D eigenvalue weighted by atomic mass is 10.0. The van der Waals surface area contributed by atoms with Gasteiger partial charge in [-0.2, -0.15) is 0 Å². The maximum Gasteiger partial charge on any atom is 0.241 e. The van der Waals surface area contributed by atoms with Crippen LogP contribution in [0.3, 0.4) is 0 Å². The Morgan fingerprint density at radius 2 is 1.78 bits per heavy atom. The minimum Gasteiger partial charge on any atom is -0.396 e. The van der Waals surface area contributed by atoms with Gasteiger partial charge in [0.25, 0.3) is 0 Å². The molecule has 2 aromatic rings. The molecule has 0 aliphatic heterocycles. The van der Waals surface area contributed by atoms with E-state index in [0.29, 0.717) is 6.42 Å². The van der Waals surface area contributed by atoms with Crippen LogP contribution in [-0.2, 0) is 10.0 Å². The first-order valence-corrected chi connectivity index (χ1v) is 9.24. The molecule has 2 N–H and O–H groups in total. The smallest absolute Gasteiger partial charge is 0.241 e. The molecule has 4 nitrogen and oxygen atoms in total. The molecule has 1 saturated carbocycles. The van der Waals surface area contributed by atoms with Gasteiger partial charge in [0.1, 0.15) is 0 Å². The largest absolute Gasteiger partial charge is 0.396 e. The molecule has 0 bridgehead atoms. The first-order valence-electron chi connectivity index (χ1n) is 7.76. The molecule has 5 heteroatoms. The molecular weight excluding hydrogens is 310 g/mol. The van der Waals surface area contributed by atoms with E-state index in [9.17, 15) is 8.42 Å². The number of rotatable bonds is 6. The van der Waals surface area contributed by atoms with Crippen LogP contribution in [-0.4, -0.2) is 25.7 Å². The highest BCUT2D eigenvalue weighted by molar-refractivity contribution is 7.89. The second-order valence-electron chi connectivity index (χ2n) is 6.26. The monoisotopic (exact) mass is 331 g/mol. The SMILES string of the molecule is Cc1cc(-c2ccccc2)cc(S(=O)(=O)NC2(CCO)CC2)c1. The van der Waals surface area contributed by atoms with E-state index in [1.165, 1.54) is 0 Å². The summed E-state index contributed by atoms with van der Waals surface area (Å²) in [5, 5.41) is 9.11. The standard InChI is InChI=1S/C18H21NO3S/c1-14-11-16(15-5-3-2-4-6-15)13-17(12-14)23(21,22)19-18(7-8-18)9-10-20/h2-6,11-13,19-20H,7-10H2,1H3. The molecule has 0 radical (unpaired) electrons. The lowest BCUT2D eigenvalue weighted by molar-refractivity contribution is 0.267. The van der Waals surface area contributed by atoms with Crippen molar-refractivity contribution in [2.75, 3.05) is 6.61 Å². The fourth-order valence-corrected chi connectivity index (χ4v) is 4.43. The van der Waals surface area contributed by atoms with Gasteiger partial charge in [0.15, 0.2) is 0 Å². The van der Waals surface area contributed by atoms with E-state index in [4.69, 9.17) is 5.11 Å². The van der Waals surface area contributed by atoms with Crippen molar-refractivity contribution in [2.45, 2.75) is 36.6 Å². The summed E-state index contributed by atoms with van der Waals surface area (Å²) in [6.45, 7) is 1.89. The van der Waals surface area contributed by atoms with Gasteiger partial charge < -0.3 is 5.11 Å². The predicted octanol–water partition coefficient (Wildman–Crippen LogP) is 2.86. The van der Waals surface area contributed by atoms with Crippen molar-refractivity contribution in [1.29, 1.82) is 0 Å². The Bertz CT molecular complexity index is 796. The molecule has 3 rings (SSSR count). The number of hydrogen-bond acceptors (Lipinski definition) is 3. The quantitative estimate of drug-likeness (QED) is 0.855. The number of sulfonamides is 1. The molecule has 0 amide bonds. The van der Waals surface area contributed by atoms with E-state index < -0.39 is 15.6 Å². The zero-order chi connectivity index (χ0) is 16.5. The van der Waals surface area contributed by atoms with Gasteiger partial charge in [-0.15, -0.1) is 0 Å². The van der Waals surface area contributed by atoms with Crippen molar-refractivity contribution < 1.29 is 13.5 Å². The number of benzene rings is 2. The summed E-state index contributed by atoms with van der Waals surface area (Å²) in [6.07, 6.45) is 2.03. The van der Waals surface area contributed by atoms with Gasteiger partial charge in [-0.1, -0.05) is 36.4 Å². The molecule has 23 heavy (non-hydrogen) atoms. The zero-order valence-electron chi connectivity index (χ0n) is 13.1. The lowest BCUT2D eigenvalue weighted by Crippen LogP contribution is -2.37. The first kappa shape index (κ1) is 16.2. The van der Waals surface area contributed by atoms with E-state index in [0.717, 1.165) is 29.5 Å². The van der Waals surface area contributed by atoms with Crippen LogP contribution in [0, 0.1) is 6.92 Å². The first-order chi connectivity index (χ1) is 10.9. The van der Waals surface area contributed by atoms with Crippen molar-refractivity contribution in [2.24, 2.45) is 0 Å². The zero-order valence-corrected chi connectivity index (χ0v) is 13.9. The molecule has 122 valence electrons. The topological polar surface area (TPSA) is 66.4 Å². The van der Waals surface area contributed by atoms with Crippen molar-refractivity contribution >= 4 is 10.0 Å². The normalized spacial score (nSPS) is 16.3. The maximum atomic E-state index is 12.7. The summed E-state index contributed by atoms with van der Waals surface area (Å²) in [7, 11) is -3.59. The Labute approximate surface area is 137 Å². The number of aliphatic hydroxyl groups excluding tert-OH is 1. The van der Waals surface area contributed by atoms with Gasteiger partial charge in [0, 0.05) is 12.1 Å². The van der Waals surface area contributed by atoms with Crippen LogP contribution in [0.4, 0.5) is 0 Å². The third-order valence-corrected chi connectivity index (χ3v) is 5.82. The number of nitrogens with one attached hydrogen (secondary N) is 1. The fourth-order valence-electron chi connectivity index (χ4n) is 2.81. The van der Waals surface area contributed by atoms with E-state index in [2.05, 4.69) is 4.72 Å². The molecule has 0 atom stereocenters. The molecule has 0 saturated heterocycles. The minimum atomic E-state index is -3.59. The van der Waals surface area contributed by atoms with Crippen molar-refractivity contribution in [3.8, 4) is 11.1 Å². The van der Waals surface area contributed by atoms with Gasteiger partial charge >= 0.3 is 0 Å². The Balaban J connectivity index is 1.95. The van der Waals surface area contributed by atoms with Crippen LogP contribution in [0.1, 0.15) is 24.8 Å². The number of aryl methyl sites for hydroxylation is 1. The van der Waals surface area contributed by atoms with Crippen LogP contribution < -0.4 is 4.72 Å². The molecule has 1 aliphatic rings. The van der Waals surface area contributed by atoms with Crippen LogP contribution in [0.2, 0.25) is 0 Å².